The van der Waals surface area contributed by atoms with Crippen molar-refractivity contribution in [2.75, 3.05) is 26.8 Å². The second-order valence-corrected chi connectivity index (χ2v) is 5.07. The zero-order chi connectivity index (χ0) is 13.2. The summed E-state index contributed by atoms with van der Waals surface area (Å²) < 4.78 is 5.29. The highest BCUT2D eigenvalue weighted by molar-refractivity contribution is 5.92. The summed E-state index contributed by atoms with van der Waals surface area (Å²) in [4.78, 5) is 25.9. The molecule has 6 heteroatoms. The first-order valence-electron chi connectivity index (χ1n) is 6.48. The van der Waals surface area contributed by atoms with Crippen molar-refractivity contribution < 1.29 is 14.3 Å². The molecule has 1 aliphatic carbocycles. The molecule has 1 saturated carbocycles. The Kier molecular flexibility index (Phi) is 3.87. The minimum absolute atomic E-state index is 0.100. The van der Waals surface area contributed by atoms with Gasteiger partial charge in [0.2, 0.25) is 11.8 Å². The number of carbonyl (C=O) groups excluding carboxylic acids is 2. The van der Waals surface area contributed by atoms with Crippen molar-refractivity contribution in [3.8, 4) is 0 Å². The zero-order valence-electron chi connectivity index (χ0n) is 10.8. The number of nitrogens with one attached hydrogen (secondary N) is 1. The van der Waals surface area contributed by atoms with Crippen molar-refractivity contribution in [1.29, 1.82) is 0 Å². The van der Waals surface area contributed by atoms with Crippen molar-refractivity contribution in [3.05, 3.63) is 0 Å². The van der Waals surface area contributed by atoms with E-state index in [0.29, 0.717) is 26.0 Å². The normalized spacial score (nSPS) is 27.0. The average molecular weight is 255 g/mol. The van der Waals surface area contributed by atoms with Gasteiger partial charge in [0.25, 0.3) is 0 Å². The molecule has 1 saturated heterocycles. The van der Waals surface area contributed by atoms with E-state index in [1.807, 2.05) is 0 Å². The molecule has 1 aliphatic heterocycles. The third kappa shape index (κ3) is 2.35. The molecule has 0 aromatic rings. The lowest BCUT2D eigenvalue weighted by atomic mass is 9.96. The molecule has 102 valence electrons. The standard InChI is InChI=1S/C12H21N3O3/c1-14-10(16)9-8-18-7-6-15(9)11(17)12(13)4-2-3-5-12/h9H,2-8,13H2,1H3,(H,14,16). The Morgan fingerprint density at radius 2 is 2.06 bits per heavy atom. The molecular weight excluding hydrogens is 234 g/mol. The Bertz CT molecular complexity index is 339. The molecule has 0 bridgehead atoms. The number of hydrogen-bond donors (Lipinski definition) is 2. The van der Waals surface area contributed by atoms with E-state index in [1.165, 1.54) is 0 Å². The maximum absolute atomic E-state index is 12.5. The first-order chi connectivity index (χ1) is 8.58. The molecule has 1 atom stereocenters. The van der Waals surface area contributed by atoms with Crippen molar-refractivity contribution >= 4 is 11.8 Å². The second-order valence-electron chi connectivity index (χ2n) is 5.07. The van der Waals surface area contributed by atoms with E-state index in [2.05, 4.69) is 5.32 Å². The van der Waals surface area contributed by atoms with Crippen LogP contribution in [-0.2, 0) is 14.3 Å². The number of nitrogens with zero attached hydrogens (tertiary/aromatic N) is 1. The predicted molar refractivity (Wildman–Crippen MR) is 65.8 cm³/mol. The summed E-state index contributed by atoms with van der Waals surface area (Å²) in [6, 6.07) is -0.544. The summed E-state index contributed by atoms with van der Waals surface area (Å²) >= 11 is 0. The van der Waals surface area contributed by atoms with Gasteiger partial charge in [-0.05, 0) is 12.8 Å². The molecular formula is C12H21N3O3. The third-order valence-electron chi connectivity index (χ3n) is 3.86. The van der Waals surface area contributed by atoms with Gasteiger partial charge >= 0.3 is 0 Å². The highest BCUT2D eigenvalue weighted by atomic mass is 16.5. The molecule has 0 aromatic heterocycles. The second kappa shape index (κ2) is 5.24. The summed E-state index contributed by atoms with van der Waals surface area (Å²) in [5, 5.41) is 2.57. The lowest BCUT2D eigenvalue weighted by Gasteiger charge is -2.38. The van der Waals surface area contributed by atoms with Gasteiger partial charge in [0.15, 0.2) is 0 Å². The van der Waals surface area contributed by atoms with Crippen LogP contribution < -0.4 is 11.1 Å². The Morgan fingerprint density at radius 3 is 2.67 bits per heavy atom. The number of carbonyl (C=O) groups is 2. The molecule has 3 N–H and O–H groups in total. The molecule has 2 fully saturated rings. The molecule has 1 unspecified atom stereocenters. The molecule has 6 nitrogen and oxygen atoms in total. The van der Waals surface area contributed by atoms with Gasteiger partial charge in [-0.3, -0.25) is 9.59 Å². The number of amides is 2. The number of hydrogen-bond acceptors (Lipinski definition) is 4. The average Bonchev–Trinajstić information content (AvgIpc) is 2.85. The van der Waals surface area contributed by atoms with Gasteiger partial charge in [0, 0.05) is 13.6 Å². The van der Waals surface area contributed by atoms with Gasteiger partial charge in [-0.2, -0.15) is 0 Å². The largest absolute Gasteiger partial charge is 0.377 e. The van der Waals surface area contributed by atoms with Gasteiger partial charge < -0.3 is 20.7 Å². The summed E-state index contributed by atoms with van der Waals surface area (Å²) in [7, 11) is 1.56. The van der Waals surface area contributed by atoms with Crippen molar-refractivity contribution in [2.24, 2.45) is 5.73 Å². The van der Waals surface area contributed by atoms with Crippen LogP contribution in [0.1, 0.15) is 25.7 Å². The molecule has 1 heterocycles. The lowest BCUT2D eigenvalue weighted by molar-refractivity contribution is -0.152. The number of ether oxygens (including phenoxy) is 1. The molecule has 18 heavy (non-hydrogen) atoms. The van der Waals surface area contributed by atoms with Gasteiger partial charge in [-0.15, -0.1) is 0 Å². The van der Waals surface area contributed by atoms with Crippen LogP contribution in [0.25, 0.3) is 0 Å². The van der Waals surface area contributed by atoms with Crippen LogP contribution in [0.5, 0.6) is 0 Å². The van der Waals surface area contributed by atoms with Crippen LogP contribution in [0.2, 0.25) is 0 Å². The molecule has 0 radical (unpaired) electrons. The van der Waals surface area contributed by atoms with Crippen molar-refractivity contribution in [3.63, 3.8) is 0 Å². The fourth-order valence-electron chi connectivity index (χ4n) is 2.74. The molecule has 0 aromatic carbocycles. The molecule has 2 aliphatic rings. The fourth-order valence-corrected chi connectivity index (χ4v) is 2.74. The zero-order valence-corrected chi connectivity index (χ0v) is 10.8. The van der Waals surface area contributed by atoms with Crippen LogP contribution in [0.4, 0.5) is 0 Å². The number of rotatable bonds is 2. The van der Waals surface area contributed by atoms with Crippen LogP contribution in [0.15, 0.2) is 0 Å². The Labute approximate surface area is 107 Å². The Balaban J connectivity index is 2.13. The number of nitrogens with two attached hydrogens (primary N) is 1. The molecule has 0 spiro atoms. The minimum atomic E-state index is -0.774. The van der Waals surface area contributed by atoms with E-state index in [1.54, 1.807) is 11.9 Å². The number of morpholine rings is 1. The van der Waals surface area contributed by atoms with Gasteiger partial charge in [-0.25, -0.2) is 0 Å². The van der Waals surface area contributed by atoms with E-state index in [0.717, 1.165) is 12.8 Å². The van der Waals surface area contributed by atoms with E-state index in [9.17, 15) is 9.59 Å². The third-order valence-corrected chi connectivity index (χ3v) is 3.86. The monoisotopic (exact) mass is 255 g/mol. The van der Waals surface area contributed by atoms with Crippen LogP contribution in [-0.4, -0.2) is 55.1 Å². The maximum Gasteiger partial charge on any atom is 0.244 e. The maximum atomic E-state index is 12.5. The predicted octanol–water partition coefficient (Wildman–Crippen LogP) is -0.769. The van der Waals surface area contributed by atoms with E-state index in [-0.39, 0.29) is 18.4 Å². The van der Waals surface area contributed by atoms with E-state index in [4.69, 9.17) is 10.5 Å². The Morgan fingerprint density at radius 1 is 1.39 bits per heavy atom. The first-order valence-corrected chi connectivity index (χ1v) is 6.48. The lowest BCUT2D eigenvalue weighted by Crippen LogP contribution is -2.62. The SMILES string of the molecule is CNC(=O)C1COCCN1C(=O)C1(N)CCCC1. The summed E-state index contributed by atoms with van der Waals surface area (Å²) in [6.45, 7) is 1.16. The fraction of sp³-hybridized carbons (Fsp3) is 0.833. The van der Waals surface area contributed by atoms with E-state index >= 15 is 0 Å². The quantitative estimate of drug-likeness (QED) is 0.678. The molecule has 2 rings (SSSR count). The molecule has 2 amide bonds. The smallest absolute Gasteiger partial charge is 0.244 e. The van der Waals surface area contributed by atoms with Gasteiger partial charge in [0.05, 0.1) is 18.8 Å². The Hall–Kier alpha value is -1.14. The summed E-state index contributed by atoms with van der Waals surface area (Å²) in [5.41, 5.74) is 5.40. The number of likely N-dealkylation sites (N-methyl/N-ethyl adjacent to an activating group) is 1. The highest BCUT2D eigenvalue weighted by Gasteiger charge is 2.44. The van der Waals surface area contributed by atoms with Crippen LogP contribution in [0, 0.1) is 0 Å². The van der Waals surface area contributed by atoms with Gasteiger partial charge in [0.1, 0.15) is 6.04 Å². The topological polar surface area (TPSA) is 84.7 Å². The van der Waals surface area contributed by atoms with Crippen molar-refractivity contribution in [2.45, 2.75) is 37.3 Å². The van der Waals surface area contributed by atoms with Crippen molar-refractivity contribution in [1.82, 2.24) is 10.2 Å². The van der Waals surface area contributed by atoms with E-state index < -0.39 is 11.6 Å². The van der Waals surface area contributed by atoms with Gasteiger partial charge in [-0.1, -0.05) is 12.8 Å². The van der Waals surface area contributed by atoms with Crippen LogP contribution in [0.3, 0.4) is 0 Å². The first kappa shape index (κ1) is 13.3. The summed E-state index contributed by atoms with van der Waals surface area (Å²) in [6.07, 6.45) is 3.39. The highest BCUT2D eigenvalue weighted by Crippen LogP contribution is 2.30. The van der Waals surface area contributed by atoms with Crippen LogP contribution >= 0.6 is 0 Å². The summed E-state index contributed by atoms with van der Waals surface area (Å²) in [5.74, 6) is -0.290. The minimum Gasteiger partial charge on any atom is -0.377 e.